The van der Waals surface area contributed by atoms with Gasteiger partial charge in [-0.2, -0.15) is 24.7 Å². The van der Waals surface area contributed by atoms with Gasteiger partial charge in [0.1, 0.15) is 12.7 Å². The Morgan fingerprint density at radius 1 is 1.25 bits per heavy atom. The van der Waals surface area contributed by atoms with Crippen molar-refractivity contribution in [3.8, 4) is 5.95 Å². The molecule has 20 heavy (non-hydrogen) atoms. The van der Waals surface area contributed by atoms with E-state index in [9.17, 15) is 0 Å². The molecule has 1 atom stereocenters. The van der Waals surface area contributed by atoms with E-state index in [1.54, 1.807) is 6.33 Å². The average molecular weight is 274 g/mol. The Kier molecular flexibility index (Phi) is 3.21. The highest BCUT2D eigenvalue weighted by atomic mass is 15.4. The lowest BCUT2D eigenvalue weighted by molar-refractivity contribution is 0.486. The Hall–Kier alpha value is -2.25. The third-order valence-electron chi connectivity index (χ3n) is 3.58. The topological polar surface area (TPSA) is 98.6 Å². The van der Waals surface area contributed by atoms with Crippen molar-refractivity contribution in [2.75, 3.05) is 17.2 Å². The average Bonchev–Trinajstić information content (AvgIpc) is 3.09. The molecule has 2 aromatic heterocycles. The minimum Gasteiger partial charge on any atom is -0.368 e. The van der Waals surface area contributed by atoms with Crippen LogP contribution in [0.1, 0.15) is 26.7 Å². The molecule has 8 nitrogen and oxygen atoms in total. The highest BCUT2D eigenvalue weighted by Crippen LogP contribution is 2.27. The molecule has 0 saturated carbocycles. The third kappa shape index (κ3) is 2.28. The molecule has 0 amide bonds. The van der Waals surface area contributed by atoms with Gasteiger partial charge in [0.2, 0.25) is 11.9 Å². The van der Waals surface area contributed by atoms with Crippen LogP contribution < -0.4 is 10.6 Å². The molecular weight excluding hydrogens is 256 g/mol. The van der Waals surface area contributed by atoms with Crippen molar-refractivity contribution < 1.29 is 0 Å². The fourth-order valence-corrected chi connectivity index (χ4v) is 2.65. The molecule has 3 heterocycles. The summed E-state index contributed by atoms with van der Waals surface area (Å²) >= 11 is 0. The van der Waals surface area contributed by atoms with Crippen LogP contribution in [0.25, 0.3) is 5.95 Å². The number of hydrogen-bond acceptors (Lipinski definition) is 7. The molecule has 8 heteroatoms. The molecule has 0 aromatic carbocycles. The summed E-state index contributed by atoms with van der Waals surface area (Å²) in [5.41, 5.74) is 5.80. The normalized spacial score (nSPS) is 18.9. The number of anilines is 2. The number of hydrogen-bond donors (Lipinski definition) is 1. The van der Waals surface area contributed by atoms with E-state index in [-0.39, 0.29) is 5.95 Å². The van der Waals surface area contributed by atoms with Gasteiger partial charge < -0.3 is 10.6 Å². The molecule has 2 N–H and O–H groups in total. The lowest BCUT2D eigenvalue weighted by Gasteiger charge is -2.27. The maximum Gasteiger partial charge on any atom is 0.258 e. The van der Waals surface area contributed by atoms with Crippen molar-refractivity contribution in [3.05, 3.63) is 12.7 Å². The Morgan fingerprint density at radius 2 is 2.05 bits per heavy atom. The van der Waals surface area contributed by atoms with Gasteiger partial charge >= 0.3 is 0 Å². The van der Waals surface area contributed by atoms with Crippen LogP contribution in [0.15, 0.2) is 12.7 Å². The van der Waals surface area contributed by atoms with Crippen molar-refractivity contribution in [3.63, 3.8) is 0 Å². The van der Waals surface area contributed by atoms with Crippen LogP contribution in [0.2, 0.25) is 0 Å². The van der Waals surface area contributed by atoms with Crippen LogP contribution >= 0.6 is 0 Å². The molecule has 1 saturated heterocycles. The molecule has 1 unspecified atom stereocenters. The predicted octanol–water partition coefficient (Wildman–Crippen LogP) is 0.659. The molecule has 1 aliphatic rings. The first-order valence-electron chi connectivity index (χ1n) is 6.78. The lowest BCUT2D eigenvalue weighted by Crippen LogP contribution is -2.35. The summed E-state index contributed by atoms with van der Waals surface area (Å²) in [5.74, 6) is 1.78. The summed E-state index contributed by atoms with van der Waals surface area (Å²) in [5, 5.41) is 4.03. The van der Waals surface area contributed by atoms with Crippen LogP contribution in [0.5, 0.6) is 0 Å². The van der Waals surface area contributed by atoms with E-state index in [0.717, 1.165) is 19.4 Å². The van der Waals surface area contributed by atoms with Gasteiger partial charge in [0.25, 0.3) is 5.95 Å². The van der Waals surface area contributed by atoms with Crippen LogP contribution in [0.3, 0.4) is 0 Å². The van der Waals surface area contributed by atoms with Gasteiger partial charge in [-0.3, -0.25) is 0 Å². The highest BCUT2D eigenvalue weighted by Gasteiger charge is 2.29. The van der Waals surface area contributed by atoms with Crippen molar-refractivity contribution >= 4 is 11.9 Å². The van der Waals surface area contributed by atoms with Crippen LogP contribution in [-0.2, 0) is 0 Å². The van der Waals surface area contributed by atoms with Crippen molar-refractivity contribution in [2.45, 2.75) is 32.7 Å². The fourth-order valence-electron chi connectivity index (χ4n) is 2.65. The minimum atomic E-state index is 0.204. The van der Waals surface area contributed by atoms with Gasteiger partial charge in [-0.1, -0.05) is 13.8 Å². The Morgan fingerprint density at radius 3 is 2.75 bits per heavy atom. The maximum absolute atomic E-state index is 5.80. The maximum atomic E-state index is 5.80. The standard InChI is InChI=1S/C12H18N8/c1-8(2)9-4-3-5-19(9)11-16-10(13)17-12(18-11)20-7-14-6-15-20/h6-9H,3-5H2,1-2H3,(H2,13,16,17,18). The molecule has 0 radical (unpaired) electrons. The van der Waals surface area contributed by atoms with E-state index in [2.05, 4.69) is 43.8 Å². The third-order valence-corrected chi connectivity index (χ3v) is 3.58. The largest absolute Gasteiger partial charge is 0.368 e. The van der Waals surface area contributed by atoms with E-state index in [1.165, 1.54) is 11.0 Å². The second kappa shape index (κ2) is 5.03. The van der Waals surface area contributed by atoms with Crippen LogP contribution in [0, 0.1) is 5.92 Å². The highest BCUT2D eigenvalue weighted by molar-refractivity contribution is 5.40. The van der Waals surface area contributed by atoms with E-state index in [4.69, 9.17) is 5.73 Å². The van der Waals surface area contributed by atoms with Gasteiger partial charge in [0.05, 0.1) is 0 Å². The molecule has 0 aliphatic carbocycles. The zero-order valence-corrected chi connectivity index (χ0v) is 11.6. The molecule has 1 aliphatic heterocycles. The molecular formula is C12H18N8. The van der Waals surface area contributed by atoms with Crippen molar-refractivity contribution in [2.24, 2.45) is 5.92 Å². The van der Waals surface area contributed by atoms with E-state index < -0.39 is 0 Å². The summed E-state index contributed by atoms with van der Waals surface area (Å²) in [4.78, 5) is 19.0. The zero-order valence-electron chi connectivity index (χ0n) is 11.6. The number of rotatable bonds is 3. The molecule has 106 valence electrons. The second-order valence-electron chi connectivity index (χ2n) is 5.28. The zero-order chi connectivity index (χ0) is 14.1. The summed E-state index contributed by atoms with van der Waals surface area (Å²) in [6, 6.07) is 0.445. The van der Waals surface area contributed by atoms with Crippen molar-refractivity contribution in [1.29, 1.82) is 0 Å². The first-order chi connectivity index (χ1) is 9.65. The Bertz CT molecular complexity index is 579. The van der Waals surface area contributed by atoms with Crippen molar-refractivity contribution in [1.82, 2.24) is 29.7 Å². The van der Waals surface area contributed by atoms with Gasteiger partial charge in [-0.15, -0.1) is 0 Å². The number of nitrogen functional groups attached to an aromatic ring is 1. The van der Waals surface area contributed by atoms with E-state index in [0.29, 0.717) is 23.9 Å². The monoisotopic (exact) mass is 274 g/mol. The summed E-state index contributed by atoms with van der Waals surface area (Å²) < 4.78 is 1.49. The van der Waals surface area contributed by atoms with Gasteiger partial charge in [-0.05, 0) is 18.8 Å². The molecule has 1 fully saturated rings. The quantitative estimate of drug-likeness (QED) is 0.877. The Balaban J connectivity index is 1.98. The second-order valence-corrected chi connectivity index (χ2v) is 5.28. The number of aromatic nitrogens is 6. The summed E-state index contributed by atoms with van der Waals surface area (Å²) in [7, 11) is 0. The first-order valence-corrected chi connectivity index (χ1v) is 6.78. The van der Waals surface area contributed by atoms with Gasteiger partial charge in [0, 0.05) is 12.6 Å². The summed E-state index contributed by atoms with van der Waals surface area (Å²) in [6.45, 7) is 5.38. The van der Waals surface area contributed by atoms with Crippen LogP contribution in [-0.4, -0.2) is 42.3 Å². The first kappa shape index (κ1) is 12.8. The van der Waals surface area contributed by atoms with Gasteiger partial charge in [-0.25, -0.2) is 4.98 Å². The predicted molar refractivity (Wildman–Crippen MR) is 74.4 cm³/mol. The summed E-state index contributed by atoms with van der Waals surface area (Å²) in [6.07, 6.45) is 5.28. The van der Waals surface area contributed by atoms with Gasteiger partial charge in [0.15, 0.2) is 0 Å². The minimum absolute atomic E-state index is 0.204. The van der Waals surface area contributed by atoms with E-state index in [1.807, 2.05) is 0 Å². The van der Waals surface area contributed by atoms with Crippen LogP contribution in [0.4, 0.5) is 11.9 Å². The fraction of sp³-hybridized carbons (Fsp3) is 0.583. The van der Waals surface area contributed by atoms with E-state index >= 15 is 0 Å². The molecule has 0 spiro atoms. The SMILES string of the molecule is CC(C)C1CCCN1c1nc(N)nc(-n2cncn2)n1. The molecule has 2 aromatic rings. The number of nitrogens with two attached hydrogens (primary N) is 1. The smallest absolute Gasteiger partial charge is 0.258 e. The molecule has 3 rings (SSSR count). The lowest BCUT2D eigenvalue weighted by atomic mass is 10.0. The number of nitrogens with zero attached hydrogens (tertiary/aromatic N) is 7. The Labute approximate surface area is 117 Å². The molecule has 0 bridgehead atoms.